The molecule has 4 heterocycles. The van der Waals surface area contributed by atoms with E-state index in [2.05, 4.69) is 122 Å². The van der Waals surface area contributed by atoms with Crippen molar-refractivity contribution >= 4 is 43.2 Å². The number of aromatic nitrogens is 3. The maximum atomic E-state index is 4.48. The maximum absolute atomic E-state index is 4.48. The van der Waals surface area contributed by atoms with E-state index in [9.17, 15) is 0 Å². The molecule has 7 aromatic rings. The Kier molecular flexibility index (Phi) is 9.22. The summed E-state index contributed by atoms with van der Waals surface area (Å²) < 4.78 is 3.71. The monoisotopic (exact) mass is 772 g/mol. The number of benzene rings is 3. The zero-order chi connectivity index (χ0) is 30.2. The first kappa shape index (κ1) is 31.8. The van der Waals surface area contributed by atoms with Crippen molar-refractivity contribution < 1.29 is 20.1 Å². The maximum Gasteiger partial charge on any atom is 0.0513 e. The summed E-state index contributed by atoms with van der Waals surface area (Å²) in [6.45, 7) is 13.5. The van der Waals surface area contributed by atoms with Crippen molar-refractivity contribution in [3.63, 3.8) is 0 Å². The van der Waals surface area contributed by atoms with Crippen LogP contribution in [0.3, 0.4) is 0 Å². The first-order valence-electron chi connectivity index (χ1n) is 14.8. The Hall–Kier alpha value is -3.63. The molecule has 0 N–H and O–H groups in total. The molecule has 225 valence electrons. The zero-order valence-electron chi connectivity index (χ0n) is 26.1. The van der Waals surface area contributed by atoms with Gasteiger partial charge in [-0.2, -0.15) is 24.3 Å². The minimum atomic E-state index is 0. The molecule has 0 saturated heterocycles. The molecule has 0 fully saturated rings. The van der Waals surface area contributed by atoms with E-state index in [1.807, 2.05) is 48.9 Å². The Morgan fingerprint density at radius 1 is 0.841 bits per heavy atom. The minimum absolute atomic E-state index is 0. The summed E-state index contributed by atoms with van der Waals surface area (Å²) in [5, 5.41) is 5.89. The third kappa shape index (κ3) is 6.71. The number of thiophene rings is 1. The molecule has 0 bridgehead atoms. The van der Waals surface area contributed by atoms with Gasteiger partial charge in [0, 0.05) is 54.5 Å². The van der Waals surface area contributed by atoms with Gasteiger partial charge < -0.3 is 9.55 Å². The molecule has 0 unspecified atom stereocenters. The second-order valence-corrected chi connectivity index (χ2v) is 14.2. The molecule has 0 saturated carbocycles. The fraction of sp³-hybridized carbons (Fsp3) is 0.231. The van der Waals surface area contributed by atoms with Gasteiger partial charge in [-0.15, -0.1) is 47.2 Å². The number of hydrogen-bond acceptors (Lipinski definition) is 3. The van der Waals surface area contributed by atoms with Crippen LogP contribution < -0.4 is 0 Å². The van der Waals surface area contributed by atoms with Crippen LogP contribution in [0, 0.1) is 17.5 Å². The van der Waals surface area contributed by atoms with Crippen LogP contribution in [0.1, 0.15) is 52.7 Å². The normalized spacial score (nSPS) is 11.8. The molecule has 44 heavy (non-hydrogen) atoms. The molecule has 0 spiro atoms. The molecule has 0 aliphatic carbocycles. The van der Waals surface area contributed by atoms with Crippen LogP contribution in [0.2, 0.25) is 0 Å². The van der Waals surface area contributed by atoms with Crippen LogP contribution in [-0.2, 0) is 31.9 Å². The molecule has 3 nitrogen and oxygen atoms in total. The van der Waals surface area contributed by atoms with Gasteiger partial charge in [-0.1, -0.05) is 70.6 Å². The molecule has 7 rings (SSSR count). The summed E-state index contributed by atoms with van der Waals surface area (Å²) in [6, 6.07) is 33.8. The van der Waals surface area contributed by atoms with Gasteiger partial charge in [0.05, 0.1) is 5.52 Å². The van der Waals surface area contributed by atoms with E-state index < -0.39 is 0 Å². The van der Waals surface area contributed by atoms with Crippen molar-refractivity contribution in [2.45, 2.75) is 53.4 Å². The third-order valence-electron chi connectivity index (χ3n) is 7.60. The molecule has 0 atom stereocenters. The fourth-order valence-electron chi connectivity index (χ4n) is 5.56. The molecule has 4 aromatic heterocycles. The zero-order valence-corrected chi connectivity index (χ0v) is 29.3. The minimum Gasteiger partial charge on any atom is -0.363 e. The van der Waals surface area contributed by atoms with Crippen LogP contribution in [0.5, 0.6) is 0 Å². The molecule has 0 aliphatic heterocycles. The van der Waals surface area contributed by atoms with Gasteiger partial charge >= 0.3 is 0 Å². The van der Waals surface area contributed by atoms with Crippen molar-refractivity contribution in [2.75, 3.05) is 0 Å². The second kappa shape index (κ2) is 12.8. The van der Waals surface area contributed by atoms with E-state index in [-0.39, 0.29) is 30.9 Å². The number of pyridine rings is 2. The number of rotatable bonds is 3. The number of nitrogens with zero attached hydrogens (tertiary/aromatic N) is 3. The summed E-state index contributed by atoms with van der Waals surface area (Å²) in [4.78, 5) is 8.90. The van der Waals surface area contributed by atoms with E-state index in [4.69, 9.17) is 0 Å². The van der Waals surface area contributed by atoms with Gasteiger partial charge in [-0.05, 0) is 63.0 Å². The largest absolute Gasteiger partial charge is 0.363 e. The van der Waals surface area contributed by atoms with E-state index in [0.717, 1.165) is 17.7 Å². The Morgan fingerprint density at radius 2 is 1.68 bits per heavy atom. The fourth-order valence-corrected chi connectivity index (χ4v) is 6.47. The molecule has 5 heteroatoms. The summed E-state index contributed by atoms with van der Waals surface area (Å²) in [5.41, 5.74) is 8.71. The second-order valence-electron chi connectivity index (χ2n) is 13.3. The first-order valence-corrected chi connectivity index (χ1v) is 15.6. The predicted molar refractivity (Wildman–Crippen MR) is 183 cm³/mol. The standard InChI is InChI=1S/C24H21N2S.C15H16N.Ir/c1-24(2,3)14-16-12-17-8-10-25-15-19(17)22(13-16)26-20-7-5-4-6-18(20)23-21(26)9-11-27-23;1-15(2,3)13-9-10-14(16-11-13)12-7-5-4-6-8-12;/h4,6-13,15H,14H2,1-3H3;4-7,9-11H,1-3H3;/q2*-1;. The molecule has 0 amide bonds. The van der Waals surface area contributed by atoms with E-state index in [1.165, 1.54) is 48.7 Å². The van der Waals surface area contributed by atoms with Gasteiger partial charge in [0.1, 0.15) is 0 Å². The smallest absolute Gasteiger partial charge is 0.0513 e. The molecule has 3 aromatic carbocycles. The SMILES string of the molecule is CC(C)(C)Cc1cc(-n2c3c[c-]ccc3c3sccc32)c2cnccc2c1.CC(C)(C)c1ccc(-c2[c-]cccc2)nc1.[Ir]. The average molecular weight is 772 g/mol. The summed E-state index contributed by atoms with van der Waals surface area (Å²) >= 11 is 1.80. The molecular weight excluding hydrogens is 735 g/mol. The Labute approximate surface area is 278 Å². The van der Waals surface area contributed by atoms with Gasteiger partial charge in [0.15, 0.2) is 0 Å². The third-order valence-corrected chi connectivity index (χ3v) is 8.53. The Bertz CT molecular complexity index is 2010. The summed E-state index contributed by atoms with van der Waals surface area (Å²) in [5.74, 6) is 0. The molecule has 1 radical (unpaired) electrons. The average Bonchev–Trinajstić information content (AvgIpc) is 3.58. The Morgan fingerprint density at radius 3 is 2.39 bits per heavy atom. The number of hydrogen-bond donors (Lipinski definition) is 0. The predicted octanol–water partition coefficient (Wildman–Crippen LogP) is 10.6. The molecule has 0 aliphatic rings. The van der Waals surface area contributed by atoms with Crippen molar-refractivity contribution in [1.29, 1.82) is 0 Å². The van der Waals surface area contributed by atoms with Crippen molar-refractivity contribution in [1.82, 2.24) is 14.5 Å². The van der Waals surface area contributed by atoms with E-state index >= 15 is 0 Å². The first-order chi connectivity index (χ1) is 20.6. The summed E-state index contributed by atoms with van der Waals surface area (Å²) in [7, 11) is 0. The number of fused-ring (bicyclic) bond motifs is 4. The van der Waals surface area contributed by atoms with Crippen molar-refractivity contribution in [2.24, 2.45) is 5.41 Å². The summed E-state index contributed by atoms with van der Waals surface area (Å²) in [6.07, 6.45) is 6.86. The topological polar surface area (TPSA) is 30.7 Å². The van der Waals surface area contributed by atoms with Crippen LogP contribution in [-0.4, -0.2) is 14.5 Å². The van der Waals surface area contributed by atoms with Crippen LogP contribution >= 0.6 is 11.3 Å². The van der Waals surface area contributed by atoms with Gasteiger partial charge in [-0.25, -0.2) is 0 Å². The van der Waals surface area contributed by atoms with Crippen LogP contribution in [0.25, 0.3) is 48.8 Å². The van der Waals surface area contributed by atoms with Gasteiger partial charge in [0.25, 0.3) is 0 Å². The van der Waals surface area contributed by atoms with E-state index in [0.29, 0.717) is 0 Å². The van der Waals surface area contributed by atoms with Gasteiger partial charge in [-0.3, -0.25) is 4.98 Å². The van der Waals surface area contributed by atoms with Crippen molar-refractivity contribution in [3.05, 3.63) is 126 Å². The quantitative estimate of drug-likeness (QED) is 0.168. The van der Waals surface area contributed by atoms with E-state index in [1.54, 1.807) is 11.3 Å². The molecular formula is C39H37IrN3S-2. The van der Waals surface area contributed by atoms with Crippen molar-refractivity contribution in [3.8, 4) is 16.9 Å². The van der Waals surface area contributed by atoms with Gasteiger partial charge in [0.2, 0.25) is 0 Å². The van der Waals surface area contributed by atoms with Crippen LogP contribution in [0.4, 0.5) is 0 Å². The Balaban J connectivity index is 0.000000194. The van der Waals surface area contributed by atoms with Crippen LogP contribution in [0.15, 0.2) is 103 Å².